The van der Waals surface area contributed by atoms with Gasteiger partial charge in [0.15, 0.2) is 0 Å². The van der Waals surface area contributed by atoms with Crippen LogP contribution in [0.3, 0.4) is 0 Å². The van der Waals surface area contributed by atoms with Crippen LogP contribution in [0.1, 0.15) is 30.5 Å². The molecule has 2 N–H and O–H groups in total. The highest BCUT2D eigenvalue weighted by Crippen LogP contribution is 2.30. The van der Waals surface area contributed by atoms with Crippen molar-refractivity contribution in [3.8, 4) is 0 Å². The lowest BCUT2D eigenvalue weighted by molar-refractivity contribution is -0.125. The summed E-state index contributed by atoms with van der Waals surface area (Å²) in [6, 6.07) is 8.58. The molecule has 0 aliphatic heterocycles. The molecule has 2 atom stereocenters. The highest BCUT2D eigenvalue weighted by atomic mass is 35.5. The zero-order valence-corrected chi connectivity index (χ0v) is 11.7. The van der Waals surface area contributed by atoms with Crippen LogP contribution in [-0.2, 0) is 11.2 Å². The minimum atomic E-state index is 0. The number of rotatable bonds is 4. The number of carbonyl (C=O) groups is 1. The lowest BCUT2D eigenvalue weighted by atomic mass is 10.1. The van der Waals surface area contributed by atoms with Crippen LogP contribution in [0, 0.1) is 5.92 Å². The third-order valence-electron chi connectivity index (χ3n) is 3.41. The number of hydrogen-bond donors (Lipinski definition) is 2. The molecule has 0 saturated heterocycles. The number of hydrogen-bond acceptors (Lipinski definition) is 2. The predicted molar refractivity (Wildman–Crippen MR) is 76.0 cm³/mol. The van der Waals surface area contributed by atoms with Crippen molar-refractivity contribution in [2.24, 2.45) is 5.92 Å². The summed E-state index contributed by atoms with van der Waals surface area (Å²) in [6.45, 7) is 2.67. The zero-order valence-electron chi connectivity index (χ0n) is 10.9. The molecular weight excluding hydrogens is 248 g/mol. The summed E-state index contributed by atoms with van der Waals surface area (Å²) in [5, 5.41) is 6.17. The second-order valence-corrected chi connectivity index (χ2v) is 4.76. The van der Waals surface area contributed by atoms with E-state index in [4.69, 9.17) is 0 Å². The first-order chi connectivity index (χ1) is 8.22. The van der Waals surface area contributed by atoms with Gasteiger partial charge in [-0.3, -0.25) is 4.79 Å². The van der Waals surface area contributed by atoms with Gasteiger partial charge in [0.2, 0.25) is 5.91 Å². The molecule has 1 aromatic carbocycles. The summed E-state index contributed by atoms with van der Waals surface area (Å²) in [5.41, 5.74) is 2.66. The van der Waals surface area contributed by atoms with Crippen molar-refractivity contribution < 1.29 is 4.79 Å². The number of nitrogens with one attached hydrogen (secondary N) is 2. The van der Waals surface area contributed by atoms with Gasteiger partial charge in [-0.15, -0.1) is 12.4 Å². The van der Waals surface area contributed by atoms with Gasteiger partial charge in [0, 0.05) is 12.5 Å². The maximum atomic E-state index is 11.9. The topological polar surface area (TPSA) is 41.1 Å². The van der Waals surface area contributed by atoms with Gasteiger partial charge >= 0.3 is 0 Å². The van der Waals surface area contributed by atoms with E-state index < -0.39 is 0 Å². The maximum Gasteiger partial charge on any atom is 0.224 e. The molecule has 1 aromatic rings. The average molecular weight is 269 g/mol. The molecule has 0 fully saturated rings. The first-order valence-electron chi connectivity index (χ1n) is 6.25. The number of aryl methyl sites for hydroxylation is 1. The van der Waals surface area contributed by atoms with Gasteiger partial charge < -0.3 is 10.6 Å². The van der Waals surface area contributed by atoms with E-state index in [0.29, 0.717) is 0 Å². The van der Waals surface area contributed by atoms with Crippen molar-refractivity contribution in [3.05, 3.63) is 35.4 Å². The number of benzene rings is 1. The van der Waals surface area contributed by atoms with Crippen LogP contribution in [0.5, 0.6) is 0 Å². The van der Waals surface area contributed by atoms with Crippen molar-refractivity contribution >= 4 is 18.3 Å². The molecule has 18 heavy (non-hydrogen) atoms. The Balaban J connectivity index is 0.00000162. The molecule has 2 rings (SSSR count). The van der Waals surface area contributed by atoms with Crippen LogP contribution in [0.2, 0.25) is 0 Å². The van der Waals surface area contributed by atoms with E-state index in [0.717, 1.165) is 19.4 Å². The van der Waals surface area contributed by atoms with Crippen molar-refractivity contribution in [3.63, 3.8) is 0 Å². The van der Waals surface area contributed by atoms with E-state index in [2.05, 4.69) is 28.8 Å². The molecule has 0 bridgehead atoms. The zero-order chi connectivity index (χ0) is 12.3. The summed E-state index contributed by atoms with van der Waals surface area (Å²) < 4.78 is 0. The van der Waals surface area contributed by atoms with E-state index in [-0.39, 0.29) is 30.3 Å². The predicted octanol–water partition coefficient (Wildman–Crippen LogP) is 2.07. The standard InChI is InChI=1S/C14H20N2O.ClH/c1-10(9-15-2)14(17)16-13-8-7-11-5-3-4-6-12(11)13;/h3-6,10,13,15H,7-9H2,1-2H3,(H,16,17);1H. The fourth-order valence-electron chi connectivity index (χ4n) is 2.42. The van der Waals surface area contributed by atoms with Crippen LogP contribution in [0.15, 0.2) is 24.3 Å². The first kappa shape index (κ1) is 15.0. The molecule has 3 nitrogen and oxygen atoms in total. The van der Waals surface area contributed by atoms with Gasteiger partial charge in [-0.05, 0) is 31.0 Å². The summed E-state index contributed by atoms with van der Waals surface area (Å²) >= 11 is 0. The first-order valence-corrected chi connectivity index (χ1v) is 6.25. The molecule has 100 valence electrons. The highest BCUT2D eigenvalue weighted by molar-refractivity contribution is 5.85. The average Bonchev–Trinajstić information content (AvgIpc) is 2.73. The molecule has 1 aliphatic rings. The third-order valence-corrected chi connectivity index (χ3v) is 3.41. The summed E-state index contributed by atoms with van der Waals surface area (Å²) in [4.78, 5) is 11.9. The van der Waals surface area contributed by atoms with E-state index >= 15 is 0 Å². The van der Waals surface area contributed by atoms with Crippen LogP contribution >= 0.6 is 12.4 Å². The maximum absolute atomic E-state index is 11.9. The monoisotopic (exact) mass is 268 g/mol. The molecule has 1 amide bonds. The van der Waals surface area contributed by atoms with Gasteiger partial charge in [0.05, 0.1) is 6.04 Å². The molecule has 4 heteroatoms. The second kappa shape index (κ2) is 6.76. The quantitative estimate of drug-likeness (QED) is 0.878. The van der Waals surface area contributed by atoms with Gasteiger partial charge in [-0.1, -0.05) is 31.2 Å². The van der Waals surface area contributed by atoms with Crippen molar-refractivity contribution in [2.75, 3.05) is 13.6 Å². The normalized spacial score (nSPS) is 18.7. The Morgan fingerprint density at radius 2 is 2.17 bits per heavy atom. The molecular formula is C14H21ClN2O. The van der Waals surface area contributed by atoms with Crippen LogP contribution in [-0.4, -0.2) is 19.5 Å². The fraction of sp³-hybridized carbons (Fsp3) is 0.500. The number of fused-ring (bicyclic) bond motifs is 1. The van der Waals surface area contributed by atoms with Crippen molar-refractivity contribution in [2.45, 2.75) is 25.8 Å². The van der Waals surface area contributed by atoms with Crippen LogP contribution < -0.4 is 10.6 Å². The smallest absolute Gasteiger partial charge is 0.224 e. The molecule has 1 aliphatic carbocycles. The van der Waals surface area contributed by atoms with Gasteiger partial charge in [-0.2, -0.15) is 0 Å². The molecule has 0 saturated carbocycles. The Kier molecular flexibility index (Phi) is 5.63. The number of halogens is 1. The Morgan fingerprint density at radius 3 is 2.89 bits per heavy atom. The Hall–Kier alpha value is -1.06. The Bertz CT molecular complexity index is 409. The summed E-state index contributed by atoms with van der Waals surface area (Å²) in [5.74, 6) is 0.161. The molecule has 0 spiro atoms. The van der Waals surface area contributed by atoms with Gasteiger partial charge in [0.25, 0.3) is 0 Å². The van der Waals surface area contributed by atoms with Gasteiger partial charge in [-0.25, -0.2) is 0 Å². The van der Waals surface area contributed by atoms with Gasteiger partial charge in [0.1, 0.15) is 0 Å². The molecule has 0 aromatic heterocycles. The lowest BCUT2D eigenvalue weighted by Gasteiger charge is -2.17. The van der Waals surface area contributed by atoms with E-state index in [1.807, 2.05) is 20.0 Å². The second-order valence-electron chi connectivity index (χ2n) is 4.76. The molecule has 0 heterocycles. The third kappa shape index (κ3) is 3.24. The SMILES string of the molecule is CNCC(C)C(=O)NC1CCc2ccccc21.Cl. The number of amides is 1. The summed E-state index contributed by atoms with van der Waals surface area (Å²) in [6.07, 6.45) is 2.10. The lowest BCUT2D eigenvalue weighted by Crippen LogP contribution is -2.36. The fourth-order valence-corrected chi connectivity index (χ4v) is 2.42. The van der Waals surface area contributed by atoms with Crippen molar-refractivity contribution in [1.82, 2.24) is 10.6 Å². The highest BCUT2D eigenvalue weighted by Gasteiger charge is 2.24. The largest absolute Gasteiger partial charge is 0.349 e. The molecule has 0 radical (unpaired) electrons. The molecule has 2 unspecified atom stereocenters. The van der Waals surface area contributed by atoms with Crippen molar-refractivity contribution in [1.29, 1.82) is 0 Å². The minimum absolute atomic E-state index is 0. The van der Waals surface area contributed by atoms with E-state index in [9.17, 15) is 4.79 Å². The number of carbonyl (C=O) groups excluding carboxylic acids is 1. The van der Waals surface area contributed by atoms with Crippen LogP contribution in [0.4, 0.5) is 0 Å². The Morgan fingerprint density at radius 1 is 1.44 bits per heavy atom. The van der Waals surface area contributed by atoms with E-state index in [1.54, 1.807) is 0 Å². The van der Waals surface area contributed by atoms with E-state index in [1.165, 1.54) is 11.1 Å². The Labute approximate surface area is 115 Å². The summed E-state index contributed by atoms with van der Waals surface area (Å²) in [7, 11) is 1.87. The van der Waals surface area contributed by atoms with Crippen LogP contribution in [0.25, 0.3) is 0 Å². The minimum Gasteiger partial charge on any atom is -0.349 e.